The Bertz CT molecular complexity index is 753. The van der Waals surface area contributed by atoms with E-state index in [9.17, 15) is 9.59 Å². The Morgan fingerprint density at radius 3 is 2.74 bits per heavy atom. The molecule has 0 saturated heterocycles. The van der Waals surface area contributed by atoms with Crippen LogP contribution in [0.1, 0.15) is 16.1 Å². The summed E-state index contributed by atoms with van der Waals surface area (Å²) in [4.78, 5) is 28.9. The summed E-state index contributed by atoms with van der Waals surface area (Å²) in [5.41, 5.74) is 1.66. The van der Waals surface area contributed by atoms with Crippen LogP contribution in [0.25, 0.3) is 0 Å². The Morgan fingerprint density at radius 2 is 2.00 bits per heavy atom. The van der Waals surface area contributed by atoms with Crippen molar-refractivity contribution in [1.29, 1.82) is 0 Å². The Kier molecular flexibility index (Phi) is 4.16. The second-order valence-electron chi connectivity index (χ2n) is 4.99. The Morgan fingerprint density at radius 1 is 1.22 bits per heavy atom. The minimum atomic E-state index is -0.737. The lowest BCUT2D eigenvalue weighted by Crippen LogP contribution is -2.34. The van der Waals surface area contributed by atoms with Crippen molar-refractivity contribution in [2.45, 2.75) is 20.4 Å². The summed E-state index contributed by atoms with van der Waals surface area (Å²) in [7, 11) is 0. The number of hydrogen-bond acceptors (Lipinski definition) is 6. The molecule has 8 heteroatoms. The van der Waals surface area contributed by atoms with Crippen molar-refractivity contribution in [3.63, 3.8) is 0 Å². The molecule has 3 rings (SSSR count). The van der Waals surface area contributed by atoms with Gasteiger partial charge in [0.1, 0.15) is 0 Å². The summed E-state index contributed by atoms with van der Waals surface area (Å²) in [5, 5.41) is 5.47. The van der Waals surface area contributed by atoms with Gasteiger partial charge < -0.3 is 14.8 Å². The minimum absolute atomic E-state index is 0.195. The number of rotatable bonds is 3. The van der Waals surface area contributed by atoms with Gasteiger partial charge in [-0.2, -0.15) is 0 Å². The first-order chi connectivity index (χ1) is 11.0. The van der Waals surface area contributed by atoms with Gasteiger partial charge in [0.2, 0.25) is 6.79 Å². The number of benzene rings is 1. The molecule has 7 nitrogen and oxygen atoms in total. The summed E-state index contributed by atoms with van der Waals surface area (Å²) in [6.07, 6.45) is 0. The summed E-state index contributed by atoms with van der Waals surface area (Å²) in [5.74, 6) is -0.144. The van der Waals surface area contributed by atoms with Crippen LogP contribution in [0.5, 0.6) is 11.5 Å². The van der Waals surface area contributed by atoms with Crippen molar-refractivity contribution in [2.75, 3.05) is 12.1 Å². The van der Waals surface area contributed by atoms with Crippen LogP contribution < -0.4 is 20.1 Å². The summed E-state index contributed by atoms with van der Waals surface area (Å²) in [6, 6.07) is 5.35. The smallest absolute Gasteiger partial charge is 0.315 e. The fourth-order valence-electron chi connectivity index (χ4n) is 1.99. The third-order valence-corrected chi connectivity index (χ3v) is 4.33. The topological polar surface area (TPSA) is 89.6 Å². The van der Waals surface area contributed by atoms with E-state index >= 15 is 0 Å². The first-order valence-electron chi connectivity index (χ1n) is 6.94. The molecule has 2 heterocycles. The number of carbonyl (C=O) groups is 2. The molecule has 120 valence electrons. The Labute approximate surface area is 136 Å². The van der Waals surface area contributed by atoms with Crippen LogP contribution in [0.3, 0.4) is 0 Å². The molecule has 0 fully saturated rings. The van der Waals surface area contributed by atoms with E-state index in [2.05, 4.69) is 15.6 Å². The average molecular weight is 333 g/mol. The maximum atomic E-state index is 11.8. The number of aromatic nitrogens is 1. The van der Waals surface area contributed by atoms with Gasteiger partial charge in [0.05, 0.1) is 5.69 Å². The van der Waals surface area contributed by atoms with Crippen molar-refractivity contribution < 1.29 is 19.1 Å². The maximum absolute atomic E-state index is 11.8. The quantitative estimate of drug-likeness (QED) is 0.835. The van der Waals surface area contributed by atoms with E-state index in [0.717, 1.165) is 16.1 Å². The highest BCUT2D eigenvalue weighted by Gasteiger charge is 2.17. The molecule has 0 radical (unpaired) electrons. The standard InChI is InChI=1S/C15H15N3O4S/c1-8-9(2)23-15(17-8)18-14(20)13(19)16-6-10-3-4-11-12(5-10)22-7-21-11/h3-5H,6-7H2,1-2H3,(H,16,19)(H,17,18,20). The van der Waals surface area contributed by atoms with Gasteiger partial charge >= 0.3 is 11.8 Å². The molecule has 1 aromatic carbocycles. The maximum Gasteiger partial charge on any atom is 0.315 e. The van der Waals surface area contributed by atoms with Gasteiger partial charge in [-0.1, -0.05) is 6.07 Å². The van der Waals surface area contributed by atoms with Gasteiger partial charge in [-0.15, -0.1) is 11.3 Å². The van der Waals surface area contributed by atoms with E-state index in [4.69, 9.17) is 9.47 Å². The number of nitrogens with zero attached hydrogens (tertiary/aromatic N) is 1. The van der Waals surface area contributed by atoms with Gasteiger partial charge in [0, 0.05) is 11.4 Å². The second kappa shape index (κ2) is 6.25. The zero-order valence-electron chi connectivity index (χ0n) is 12.6. The molecule has 1 aromatic heterocycles. The molecule has 1 aliphatic rings. The number of amides is 2. The minimum Gasteiger partial charge on any atom is -0.454 e. The highest BCUT2D eigenvalue weighted by atomic mass is 32.1. The van der Waals surface area contributed by atoms with Crippen molar-refractivity contribution in [3.8, 4) is 11.5 Å². The lowest BCUT2D eigenvalue weighted by Gasteiger charge is -2.06. The van der Waals surface area contributed by atoms with Crippen molar-refractivity contribution in [3.05, 3.63) is 34.3 Å². The van der Waals surface area contributed by atoms with E-state index in [1.54, 1.807) is 18.2 Å². The van der Waals surface area contributed by atoms with E-state index in [1.165, 1.54) is 11.3 Å². The van der Waals surface area contributed by atoms with Crippen LogP contribution in [0.2, 0.25) is 0 Å². The monoisotopic (exact) mass is 333 g/mol. The number of ether oxygens (including phenoxy) is 2. The normalized spacial score (nSPS) is 12.1. The molecule has 0 bridgehead atoms. The van der Waals surface area contributed by atoms with E-state index in [-0.39, 0.29) is 13.3 Å². The summed E-state index contributed by atoms with van der Waals surface area (Å²) >= 11 is 1.33. The molecular formula is C15H15N3O4S. The fraction of sp³-hybridized carbons (Fsp3) is 0.267. The third-order valence-electron chi connectivity index (χ3n) is 3.35. The highest BCUT2D eigenvalue weighted by Crippen LogP contribution is 2.32. The van der Waals surface area contributed by atoms with Crippen LogP contribution in [-0.2, 0) is 16.1 Å². The zero-order valence-corrected chi connectivity index (χ0v) is 13.5. The second-order valence-corrected chi connectivity index (χ2v) is 6.19. The van der Waals surface area contributed by atoms with Gasteiger partial charge in [-0.25, -0.2) is 4.98 Å². The van der Waals surface area contributed by atoms with Gasteiger partial charge in [-0.05, 0) is 31.5 Å². The molecule has 1 aliphatic heterocycles. The van der Waals surface area contributed by atoms with E-state index in [0.29, 0.717) is 16.6 Å². The predicted molar refractivity (Wildman–Crippen MR) is 84.6 cm³/mol. The number of thiazole rings is 1. The molecule has 2 aromatic rings. The first-order valence-corrected chi connectivity index (χ1v) is 7.76. The van der Waals surface area contributed by atoms with Crippen LogP contribution in [0.15, 0.2) is 18.2 Å². The van der Waals surface area contributed by atoms with Crippen LogP contribution in [0.4, 0.5) is 5.13 Å². The van der Waals surface area contributed by atoms with Crippen molar-refractivity contribution in [1.82, 2.24) is 10.3 Å². The summed E-state index contributed by atoms with van der Waals surface area (Å²) in [6.45, 7) is 4.17. The van der Waals surface area contributed by atoms with Gasteiger partial charge in [-0.3, -0.25) is 14.9 Å². The molecule has 2 N–H and O–H groups in total. The molecule has 0 atom stereocenters. The lowest BCUT2D eigenvalue weighted by atomic mass is 10.2. The predicted octanol–water partition coefficient (Wildman–Crippen LogP) is 1.74. The van der Waals surface area contributed by atoms with Gasteiger partial charge in [0.25, 0.3) is 0 Å². The molecule has 0 unspecified atom stereocenters. The number of aryl methyl sites for hydroxylation is 2. The number of nitrogens with one attached hydrogen (secondary N) is 2. The van der Waals surface area contributed by atoms with E-state index < -0.39 is 11.8 Å². The SMILES string of the molecule is Cc1nc(NC(=O)C(=O)NCc2ccc3c(c2)OCO3)sc1C. The van der Waals surface area contributed by atoms with Crippen molar-refractivity contribution in [2.24, 2.45) is 0 Å². The molecule has 0 aliphatic carbocycles. The van der Waals surface area contributed by atoms with Crippen molar-refractivity contribution >= 4 is 28.3 Å². The van der Waals surface area contributed by atoms with E-state index in [1.807, 2.05) is 13.8 Å². The average Bonchev–Trinajstić information content (AvgIpc) is 3.11. The number of anilines is 1. The third kappa shape index (κ3) is 3.42. The number of carbonyl (C=O) groups excluding carboxylic acids is 2. The van der Waals surface area contributed by atoms with Crippen LogP contribution in [-0.4, -0.2) is 23.6 Å². The fourth-order valence-corrected chi connectivity index (χ4v) is 2.80. The molecule has 0 spiro atoms. The Hall–Kier alpha value is -2.61. The van der Waals surface area contributed by atoms with Crippen LogP contribution >= 0.6 is 11.3 Å². The largest absolute Gasteiger partial charge is 0.454 e. The molecule has 23 heavy (non-hydrogen) atoms. The highest BCUT2D eigenvalue weighted by molar-refractivity contribution is 7.15. The number of fused-ring (bicyclic) bond motifs is 1. The molecule has 0 saturated carbocycles. The summed E-state index contributed by atoms with van der Waals surface area (Å²) < 4.78 is 10.5. The Balaban J connectivity index is 1.55. The molecule has 2 amide bonds. The van der Waals surface area contributed by atoms with Gasteiger partial charge in [0.15, 0.2) is 16.6 Å². The number of hydrogen-bond donors (Lipinski definition) is 2. The van der Waals surface area contributed by atoms with Crippen LogP contribution in [0, 0.1) is 13.8 Å². The molecular weight excluding hydrogens is 318 g/mol. The first kappa shape index (κ1) is 15.3. The zero-order chi connectivity index (χ0) is 16.4. The lowest BCUT2D eigenvalue weighted by molar-refractivity contribution is -0.136.